The summed E-state index contributed by atoms with van der Waals surface area (Å²) < 4.78 is 53.0. The number of carbonyl (C=O) groups is 1. The molecule has 1 saturated heterocycles. The predicted octanol–water partition coefficient (Wildman–Crippen LogP) is 7.94. The number of halogens is 4. The summed E-state index contributed by atoms with van der Waals surface area (Å²) >= 11 is 0. The van der Waals surface area contributed by atoms with Crippen molar-refractivity contribution in [1.29, 1.82) is 0 Å². The van der Waals surface area contributed by atoms with E-state index in [2.05, 4.69) is 0 Å². The number of hydrogen-bond donors (Lipinski definition) is 0. The van der Waals surface area contributed by atoms with Crippen LogP contribution in [0.15, 0.2) is 78.9 Å². The molecule has 7 heteroatoms. The molecule has 0 unspecified atom stereocenters. The minimum atomic E-state index is -4.37. The van der Waals surface area contributed by atoms with Crippen LogP contribution in [-0.2, 0) is 12.6 Å². The van der Waals surface area contributed by atoms with Crippen LogP contribution < -0.4 is 0 Å². The third-order valence-corrected chi connectivity index (χ3v) is 6.98. The Hall–Kier alpha value is -4.00. The van der Waals surface area contributed by atoms with Crippen molar-refractivity contribution in [2.24, 2.45) is 0 Å². The van der Waals surface area contributed by atoms with Crippen molar-refractivity contribution in [2.75, 3.05) is 6.54 Å². The van der Waals surface area contributed by atoms with Crippen molar-refractivity contribution >= 4 is 22.9 Å². The summed E-state index contributed by atoms with van der Waals surface area (Å²) in [6.07, 6.45) is 1.51. The monoisotopic (exact) mass is 518 g/mol. The lowest BCUT2D eigenvalue weighted by Gasteiger charge is -2.22. The van der Waals surface area contributed by atoms with Crippen LogP contribution in [0.1, 0.15) is 46.9 Å². The van der Waals surface area contributed by atoms with E-state index in [0.717, 1.165) is 30.5 Å². The van der Waals surface area contributed by atoms with Gasteiger partial charge in [0.1, 0.15) is 5.82 Å². The van der Waals surface area contributed by atoms with Crippen LogP contribution in [-0.4, -0.2) is 28.4 Å². The molecule has 5 rings (SSSR count). The van der Waals surface area contributed by atoms with Crippen LogP contribution in [0.25, 0.3) is 28.1 Å². The topological polar surface area (TPSA) is 33.2 Å². The fourth-order valence-electron chi connectivity index (χ4n) is 4.91. The van der Waals surface area contributed by atoms with Crippen molar-refractivity contribution in [3.8, 4) is 11.1 Å². The molecule has 1 aromatic heterocycles. The summed E-state index contributed by atoms with van der Waals surface area (Å²) in [6, 6.07) is 18.8. The zero-order valence-corrected chi connectivity index (χ0v) is 20.8. The Morgan fingerprint density at radius 2 is 1.82 bits per heavy atom. The highest BCUT2D eigenvalue weighted by molar-refractivity contribution is 6.07. The molecular formula is C31H26F4N2O. The molecule has 0 spiro atoms. The molecule has 3 aromatic carbocycles. The second-order valence-electron chi connectivity index (χ2n) is 9.60. The maximum atomic E-state index is 14.5. The first-order valence-corrected chi connectivity index (χ1v) is 12.5. The number of rotatable bonds is 5. The van der Waals surface area contributed by atoms with Crippen molar-refractivity contribution in [3.63, 3.8) is 0 Å². The first kappa shape index (κ1) is 25.6. The summed E-state index contributed by atoms with van der Waals surface area (Å²) in [4.78, 5) is 20.2. The minimum Gasteiger partial charge on any atom is -0.336 e. The highest BCUT2D eigenvalue weighted by Gasteiger charge is 2.30. The summed E-state index contributed by atoms with van der Waals surface area (Å²) in [5.74, 6) is -0.436. The number of pyridine rings is 1. The van der Waals surface area contributed by atoms with Gasteiger partial charge in [0.05, 0.1) is 22.3 Å². The van der Waals surface area contributed by atoms with E-state index < -0.39 is 11.7 Å². The minimum absolute atomic E-state index is 0.0922. The number of hydrogen-bond acceptors (Lipinski definition) is 2. The Balaban J connectivity index is 1.50. The molecule has 0 N–H and O–H groups in total. The van der Waals surface area contributed by atoms with Gasteiger partial charge >= 0.3 is 6.18 Å². The number of allylic oxidation sites excluding steroid dienone is 1. The maximum absolute atomic E-state index is 14.5. The second kappa shape index (κ2) is 10.4. The van der Waals surface area contributed by atoms with E-state index in [0.29, 0.717) is 46.3 Å². The quantitative estimate of drug-likeness (QED) is 0.251. The molecule has 0 aliphatic carbocycles. The van der Waals surface area contributed by atoms with Crippen molar-refractivity contribution in [1.82, 2.24) is 9.88 Å². The van der Waals surface area contributed by atoms with E-state index in [1.54, 1.807) is 42.5 Å². The van der Waals surface area contributed by atoms with E-state index >= 15 is 0 Å². The first-order chi connectivity index (χ1) is 18.2. The average Bonchev–Trinajstić information content (AvgIpc) is 3.33. The number of amides is 1. The molecule has 1 aliphatic rings. The maximum Gasteiger partial charge on any atom is 0.416 e. The molecule has 0 bridgehead atoms. The van der Waals surface area contributed by atoms with Crippen LogP contribution in [0.2, 0.25) is 0 Å². The van der Waals surface area contributed by atoms with Crippen LogP contribution in [0, 0.1) is 5.82 Å². The number of benzene rings is 3. The van der Waals surface area contributed by atoms with Crippen LogP contribution in [0.4, 0.5) is 17.6 Å². The largest absolute Gasteiger partial charge is 0.416 e. The number of alkyl halides is 3. The number of likely N-dealkylation sites (tertiary alicyclic amines) is 1. The van der Waals surface area contributed by atoms with Crippen molar-refractivity contribution in [2.45, 2.75) is 38.4 Å². The fraction of sp³-hybridized carbons (Fsp3) is 0.226. The van der Waals surface area contributed by atoms with Gasteiger partial charge in [0.25, 0.3) is 5.91 Å². The molecule has 1 amide bonds. The lowest BCUT2D eigenvalue weighted by molar-refractivity contribution is -0.137. The van der Waals surface area contributed by atoms with Gasteiger partial charge in [-0.2, -0.15) is 13.2 Å². The third-order valence-electron chi connectivity index (χ3n) is 6.98. The highest BCUT2D eigenvalue weighted by Crippen LogP contribution is 2.31. The molecule has 1 atom stereocenters. The lowest BCUT2D eigenvalue weighted by atomic mass is 9.99. The van der Waals surface area contributed by atoms with E-state index in [9.17, 15) is 22.4 Å². The Morgan fingerprint density at radius 1 is 1.05 bits per heavy atom. The number of aromatic nitrogens is 1. The molecule has 0 saturated carbocycles. The molecule has 3 nitrogen and oxygen atoms in total. The zero-order valence-electron chi connectivity index (χ0n) is 20.8. The van der Waals surface area contributed by atoms with Crippen molar-refractivity contribution in [3.05, 3.63) is 107 Å². The van der Waals surface area contributed by atoms with E-state index in [-0.39, 0.29) is 17.8 Å². The van der Waals surface area contributed by atoms with Gasteiger partial charge in [-0.25, -0.2) is 9.37 Å². The normalized spacial score (nSPS) is 16.0. The zero-order chi connectivity index (χ0) is 26.9. The van der Waals surface area contributed by atoms with Gasteiger partial charge in [0.2, 0.25) is 0 Å². The molecule has 4 aromatic rings. The van der Waals surface area contributed by atoms with Gasteiger partial charge in [0, 0.05) is 23.5 Å². The second-order valence-corrected chi connectivity index (χ2v) is 9.60. The summed E-state index contributed by atoms with van der Waals surface area (Å²) in [5.41, 5.74) is 2.82. The lowest BCUT2D eigenvalue weighted by Crippen LogP contribution is -2.33. The Morgan fingerprint density at radius 3 is 2.50 bits per heavy atom. The van der Waals surface area contributed by atoms with Gasteiger partial charge in [-0.15, -0.1) is 0 Å². The number of nitrogens with zero attached hydrogens (tertiary/aromatic N) is 2. The third kappa shape index (κ3) is 5.32. The van der Waals surface area contributed by atoms with Crippen LogP contribution in [0.5, 0.6) is 0 Å². The fourth-order valence-corrected chi connectivity index (χ4v) is 4.91. The molecule has 0 radical (unpaired) electrons. The summed E-state index contributed by atoms with van der Waals surface area (Å²) in [6.45, 7) is 2.71. The number of carbonyl (C=O) groups excluding carboxylic acids is 1. The van der Waals surface area contributed by atoms with E-state index in [4.69, 9.17) is 4.98 Å². The van der Waals surface area contributed by atoms with E-state index in [1.807, 2.05) is 24.0 Å². The SMILES string of the molecule is C[C@@H]1CCCN1C(=O)c1cc(/C=C/Cc2ccc(C(F)(F)F)cc2)nc2ccc(-c3ccccc3F)cc12. The van der Waals surface area contributed by atoms with Gasteiger partial charge in [-0.05, 0) is 79.8 Å². The Bertz CT molecular complexity index is 1510. The average molecular weight is 519 g/mol. The smallest absolute Gasteiger partial charge is 0.336 e. The number of fused-ring (bicyclic) bond motifs is 1. The predicted molar refractivity (Wildman–Crippen MR) is 141 cm³/mol. The van der Waals surface area contributed by atoms with Gasteiger partial charge < -0.3 is 4.90 Å². The molecule has 1 aliphatic heterocycles. The van der Waals surface area contributed by atoms with E-state index in [1.165, 1.54) is 18.2 Å². The highest BCUT2D eigenvalue weighted by atomic mass is 19.4. The summed E-state index contributed by atoms with van der Waals surface area (Å²) in [5, 5.41) is 0.648. The standard InChI is InChI=1S/C31H26F4N2O/c1-20-6-5-17-37(20)30(38)27-19-24(8-4-7-21-11-14-23(15-12-21)31(33,34)35)36-29-16-13-22(18-26(27)29)25-9-2-3-10-28(25)32/h2-4,8-16,18-20H,5-7,17H2,1H3/b8-4+/t20-/m1/s1. The summed E-state index contributed by atoms with van der Waals surface area (Å²) in [7, 11) is 0. The molecule has 38 heavy (non-hydrogen) atoms. The molecule has 2 heterocycles. The molecular weight excluding hydrogens is 492 g/mol. The van der Waals surface area contributed by atoms with Gasteiger partial charge in [0.15, 0.2) is 0 Å². The Labute approximate surface area is 218 Å². The molecule has 1 fully saturated rings. The first-order valence-electron chi connectivity index (χ1n) is 12.5. The van der Waals surface area contributed by atoms with Gasteiger partial charge in [-0.3, -0.25) is 4.79 Å². The Kier molecular flexibility index (Phi) is 7.02. The van der Waals surface area contributed by atoms with Crippen LogP contribution >= 0.6 is 0 Å². The van der Waals surface area contributed by atoms with Crippen LogP contribution in [0.3, 0.4) is 0 Å². The van der Waals surface area contributed by atoms with Crippen molar-refractivity contribution < 1.29 is 22.4 Å². The molecule has 194 valence electrons. The van der Waals surface area contributed by atoms with Gasteiger partial charge in [-0.1, -0.05) is 42.5 Å².